The van der Waals surface area contributed by atoms with Gasteiger partial charge in [-0.15, -0.1) is 6.58 Å². The van der Waals surface area contributed by atoms with Crippen LogP contribution in [-0.2, 0) is 31.3 Å². The molecule has 7 heteroatoms. The van der Waals surface area contributed by atoms with Crippen molar-refractivity contribution in [3.63, 3.8) is 0 Å². The molecule has 0 heterocycles. The van der Waals surface area contributed by atoms with Crippen molar-refractivity contribution in [1.82, 2.24) is 0 Å². The van der Waals surface area contributed by atoms with Crippen molar-refractivity contribution in [2.45, 2.75) is 51.1 Å². The fourth-order valence-electron chi connectivity index (χ4n) is 4.45. The van der Waals surface area contributed by atoms with Gasteiger partial charge in [0.05, 0.1) is 5.56 Å². The van der Waals surface area contributed by atoms with Gasteiger partial charge < -0.3 is 4.74 Å². The van der Waals surface area contributed by atoms with Crippen LogP contribution in [0.5, 0.6) is 5.75 Å². The largest absolute Gasteiger partial charge is 0.429 e. The van der Waals surface area contributed by atoms with Crippen molar-refractivity contribution in [3.8, 4) is 16.9 Å². The molecule has 0 aromatic heterocycles. The van der Waals surface area contributed by atoms with Gasteiger partial charge >= 0.3 is 6.11 Å². The second-order valence-electron chi connectivity index (χ2n) is 8.64. The van der Waals surface area contributed by atoms with Crippen LogP contribution in [-0.4, -0.2) is 0 Å². The van der Waals surface area contributed by atoms with Gasteiger partial charge in [0.2, 0.25) is 0 Å². The Morgan fingerprint density at radius 2 is 1.63 bits per heavy atom. The van der Waals surface area contributed by atoms with Crippen LogP contribution in [0.15, 0.2) is 61.2 Å². The van der Waals surface area contributed by atoms with Crippen LogP contribution in [0.1, 0.15) is 47.6 Å². The minimum Gasteiger partial charge on any atom is -0.429 e. The van der Waals surface area contributed by atoms with Crippen LogP contribution in [0.2, 0.25) is 0 Å². The molecule has 3 aromatic rings. The van der Waals surface area contributed by atoms with E-state index in [0.717, 1.165) is 17.7 Å². The molecule has 1 aliphatic carbocycles. The molecule has 0 unspecified atom stereocenters. The van der Waals surface area contributed by atoms with Gasteiger partial charge in [0.15, 0.2) is 0 Å². The monoisotopic (exact) mass is 490 g/mol. The number of allylic oxidation sites excluding steroid dienone is 1. The van der Waals surface area contributed by atoms with E-state index in [2.05, 4.69) is 6.58 Å². The molecule has 35 heavy (non-hydrogen) atoms. The second kappa shape index (κ2) is 9.44. The summed E-state index contributed by atoms with van der Waals surface area (Å²) in [5.74, 6) is -6.64. The van der Waals surface area contributed by atoms with E-state index in [1.165, 1.54) is 24.3 Å². The fourth-order valence-corrected chi connectivity index (χ4v) is 4.45. The van der Waals surface area contributed by atoms with Crippen molar-refractivity contribution >= 4 is 0 Å². The van der Waals surface area contributed by atoms with Gasteiger partial charge in [0.1, 0.15) is 22.9 Å². The molecule has 4 rings (SSSR count). The minimum atomic E-state index is -4.21. The fraction of sp³-hybridized carbons (Fsp3) is 0.286. The van der Waals surface area contributed by atoms with Crippen LogP contribution in [0, 0.1) is 11.6 Å². The third kappa shape index (κ3) is 4.68. The summed E-state index contributed by atoms with van der Waals surface area (Å²) in [6.45, 7) is 5.45. The molecular weight excluding hydrogens is 466 g/mol. The maximum absolute atomic E-state index is 15.3. The van der Waals surface area contributed by atoms with Gasteiger partial charge in [-0.2, -0.15) is 8.78 Å². The normalized spacial score (nSPS) is 14.3. The topological polar surface area (TPSA) is 9.23 Å². The van der Waals surface area contributed by atoms with E-state index in [0.29, 0.717) is 25.7 Å². The predicted molar refractivity (Wildman–Crippen MR) is 123 cm³/mol. The van der Waals surface area contributed by atoms with Gasteiger partial charge in [-0.05, 0) is 59.7 Å². The zero-order valence-corrected chi connectivity index (χ0v) is 19.1. The first kappa shape index (κ1) is 24.9. The third-order valence-corrected chi connectivity index (χ3v) is 6.16. The van der Waals surface area contributed by atoms with Crippen LogP contribution >= 0.6 is 0 Å². The third-order valence-electron chi connectivity index (χ3n) is 6.16. The Kier molecular flexibility index (Phi) is 6.71. The SMILES string of the molecule is C=CCCc1ccc(OC(F)(F)c2ccc3c(c2F)C(F)(F)Cc2c-3ccc(CCC)c2F)cc1. The van der Waals surface area contributed by atoms with E-state index in [1.54, 1.807) is 18.2 Å². The molecular formula is C28H24F6O. The number of benzene rings is 3. The van der Waals surface area contributed by atoms with E-state index in [9.17, 15) is 13.2 Å². The molecule has 1 nitrogen and oxygen atoms in total. The molecule has 0 saturated carbocycles. The van der Waals surface area contributed by atoms with Gasteiger partial charge in [-0.1, -0.05) is 49.8 Å². The molecule has 0 bridgehead atoms. The van der Waals surface area contributed by atoms with Gasteiger partial charge in [-0.3, -0.25) is 0 Å². The number of fused-ring (bicyclic) bond motifs is 3. The highest BCUT2D eigenvalue weighted by atomic mass is 19.3. The molecule has 0 aliphatic heterocycles. The molecule has 0 fully saturated rings. The Labute approximate surface area is 200 Å². The number of hydrogen-bond donors (Lipinski definition) is 0. The maximum atomic E-state index is 15.3. The standard InChI is InChI=1S/C28H24F6O/c1-3-5-7-17-8-11-19(12-9-17)35-28(33,34)23-15-14-21-20-13-10-18(6-4-2)25(29)22(20)16-27(31,32)24(21)26(23)30/h3,8-15H,1,4-7,16H2,2H3. The number of rotatable bonds is 8. The average molecular weight is 490 g/mol. The summed E-state index contributed by atoms with van der Waals surface area (Å²) >= 11 is 0. The van der Waals surface area contributed by atoms with Crippen molar-refractivity contribution in [1.29, 1.82) is 0 Å². The summed E-state index contributed by atoms with van der Waals surface area (Å²) in [5, 5.41) is 0. The molecule has 0 amide bonds. The lowest BCUT2D eigenvalue weighted by atomic mass is 9.80. The highest BCUT2D eigenvalue weighted by Crippen LogP contribution is 2.49. The molecule has 0 N–H and O–H groups in total. The summed E-state index contributed by atoms with van der Waals surface area (Å²) in [6.07, 6.45) is -1.25. The predicted octanol–water partition coefficient (Wildman–Crippen LogP) is 8.48. The summed E-state index contributed by atoms with van der Waals surface area (Å²) in [5.41, 5.74) is -1.78. The number of ether oxygens (including phenoxy) is 1. The van der Waals surface area contributed by atoms with Crippen molar-refractivity contribution in [2.75, 3.05) is 0 Å². The smallest absolute Gasteiger partial charge is 0.429 e. The molecule has 0 radical (unpaired) electrons. The number of halogens is 6. The Morgan fingerprint density at radius 1 is 0.943 bits per heavy atom. The summed E-state index contributed by atoms with van der Waals surface area (Å²) in [4.78, 5) is 0. The van der Waals surface area contributed by atoms with E-state index in [4.69, 9.17) is 4.74 Å². The first-order valence-corrected chi connectivity index (χ1v) is 11.4. The number of hydrogen-bond acceptors (Lipinski definition) is 1. The Hall–Kier alpha value is -3.22. The lowest BCUT2D eigenvalue weighted by Crippen LogP contribution is -2.30. The molecule has 0 spiro atoms. The highest BCUT2D eigenvalue weighted by molar-refractivity contribution is 5.75. The molecule has 184 valence electrons. The lowest BCUT2D eigenvalue weighted by molar-refractivity contribution is -0.187. The average Bonchev–Trinajstić information content (AvgIpc) is 2.80. The first-order chi connectivity index (χ1) is 16.6. The molecule has 1 aliphatic rings. The summed E-state index contributed by atoms with van der Waals surface area (Å²) in [6, 6.07) is 10.4. The summed E-state index contributed by atoms with van der Waals surface area (Å²) in [7, 11) is 0. The molecule has 3 aromatic carbocycles. The van der Waals surface area contributed by atoms with Crippen LogP contribution in [0.4, 0.5) is 26.3 Å². The quantitative estimate of drug-likeness (QED) is 0.227. The maximum Gasteiger partial charge on any atom is 0.429 e. The Balaban J connectivity index is 1.72. The van der Waals surface area contributed by atoms with Crippen LogP contribution in [0.25, 0.3) is 11.1 Å². The zero-order chi connectivity index (χ0) is 25.4. The summed E-state index contributed by atoms with van der Waals surface area (Å²) < 4.78 is 95.0. The minimum absolute atomic E-state index is 0.0769. The van der Waals surface area contributed by atoms with Crippen LogP contribution < -0.4 is 4.74 Å². The van der Waals surface area contributed by atoms with E-state index in [-0.39, 0.29) is 28.0 Å². The lowest BCUT2D eigenvalue weighted by Gasteiger charge is -2.30. The van der Waals surface area contributed by atoms with Gasteiger partial charge in [0, 0.05) is 12.0 Å². The number of aryl methyl sites for hydroxylation is 2. The second-order valence-corrected chi connectivity index (χ2v) is 8.64. The van der Waals surface area contributed by atoms with Crippen molar-refractivity contribution < 1.29 is 31.1 Å². The van der Waals surface area contributed by atoms with Gasteiger partial charge in [0.25, 0.3) is 5.92 Å². The van der Waals surface area contributed by atoms with Crippen molar-refractivity contribution in [3.05, 3.63) is 101 Å². The van der Waals surface area contributed by atoms with Crippen molar-refractivity contribution in [2.24, 2.45) is 0 Å². The van der Waals surface area contributed by atoms with Crippen LogP contribution in [0.3, 0.4) is 0 Å². The molecule has 0 saturated heterocycles. The highest BCUT2D eigenvalue weighted by Gasteiger charge is 2.47. The van der Waals surface area contributed by atoms with E-state index >= 15 is 13.2 Å². The number of alkyl halides is 4. The Bertz CT molecular complexity index is 1250. The first-order valence-electron chi connectivity index (χ1n) is 11.4. The van der Waals surface area contributed by atoms with Gasteiger partial charge in [-0.25, -0.2) is 17.6 Å². The van der Waals surface area contributed by atoms with E-state index < -0.39 is 41.2 Å². The Morgan fingerprint density at radius 3 is 2.29 bits per heavy atom. The zero-order valence-electron chi connectivity index (χ0n) is 19.1. The van der Waals surface area contributed by atoms with E-state index in [1.807, 2.05) is 6.92 Å². The molecule has 0 atom stereocenters.